The maximum absolute atomic E-state index is 13.8. The van der Waals surface area contributed by atoms with Gasteiger partial charge in [0.1, 0.15) is 0 Å². The fraction of sp³-hybridized carbons (Fsp3) is 0.367. The molecule has 1 heterocycles. The Morgan fingerprint density at radius 2 is 1.85 bits per heavy atom. The highest BCUT2D eigenvalue weighted by molar-refractivity contribution is 6.32. The first-order valence-corrected chi connectivity index (χ1v) is 13.3. The summed E-state index contributed by atoms with van der Waals surface area (Å²) < 4.78 is 39.8. The van der Waals surface area contributed by atoms with Crippen molar-refractivity contribution in [2.75, 3.05) is 5.32 Å². The molecule has 2 aromatic carbocycles. The first-order valence-electron chi connectivity index (χ1n) is 12.9. The van der Waals surface area contributed by atoms with E-state index in [0.29, 0.717) is 39.4 Å². The van der Waals surface area contributed by atoms with E-state index in [-0.39, 0.29) is 18.2 Å². The third-order valence-corrected chi connectivity index (χ3v) is 7.85. The van der Waals surface area contributed by atoms with Crippen molar-refractivity contribution < 1.29 is 27.9 Å². The zero-order valence-electron chi connectivity index (χ0n) is 21.7. The molecule has 0 radical (unpaired) electrons. The number of carboxylic acid groups (broad SMARTS) is 1. The Morgan fingerprint density at radius 3 is 2.51 bits per heavy atom. The Balaban J connectivity index is 1.68. The van der Waals surface area contributed by atoms with Gasteiger partial charge in [0.15, 0.2) is 0 Å². The van der Waals surface area contributed by atoms with E-state index in [1.54, 1.807) is 31.2 Å². The molecule has 9 heteroatoms. The number of aliphatic carboxylic acids is 1. The van der Waals surface area contributed by atoms with Crippen LogP contribution in [0.3, 0.4) is 0 Å². The molecule has 0 bridgehead atoms. The largest absolute Gasteiger partial charge is 0.481 e. The maximum atomic E-state index is 13.8. The van der Waals surface area contributed by atoms with Gasteiger partial charge in [-0.25, -0.2) is 0 Å². The summed E-state index contributed by atoms with van der Waals surface area (Å²) in [6.07, 6.45) is 1.72. The van der Waals surface area contributed by atoms with Crippen LogP contribution in [-0.4, -0.2) is 22.0 Å². The van der Waals surface area contributed by atoms with Crippen LogP contribution in [0.5, 0.6) is 0 Å². The van der Waals surface area contributed by atoms with E-state index >= 15 is 0 Å². The van der Waals surface area contributed by atoms with Gasteiger partial charge in [0.2, 0.25) is 5.91 Å². The summed E-state index contributed by atoms with van der Waals surface area (Å²) >= 11 is 6.75. The lowest BCUT2D eigenvalue weighted by molar-refractivity contribution is -0.138. The number of carboxylic acids is 1. The van der Waals surface area contributed by atoms with Crippen LogP contribution < -0.4 is 5.32 Å². The Morgan fingerprint density at radius 1 is 1.13 bits per heavy atom. The van der Waals surface area contributed by atoms with E-state index in [2.05, 4.69) is 10.3 Å². The highest BCUT2D eigenvalue weighted by Crippen LogP contribution is 2.43. The van der Waals surface area contributed by atoms with Gasteiger partial charge in [0.05, 0.1) is 11.5 Å². The highest BCUT2D eigenvalue weighted by atomic mass is 35.5. The number of amides is 1. The quantitative estimate of drug-likeness (QED) is 0.294. The molecule has 1 aromatic heterocycles. The van der Waals surface area contributed by atoms with Crippen LogP contribution >= 0.6 is 11.6 Å². The summed E-state index contributed by atoms with van der Waals surface area (Å²) in [5, 5.41) is 12.4. The summed E-state index contributed by atoms with van der Waals surface area (Å²) in [6.45, 7) is 3.64. The Hall–Kier alpha value is -3.39. The van der Waals surface area contributed by atoms with Crippen molar-refractivity contribution in [1.82, 2.24) is 4.98 Å². The molecule has 1 aliphatic rings. The number of nitrogens with zero attached hydrogens (tertiary/aromatic N) is 1. The van der Waals surface area contributed by atoms with E-state index in [0.717, 1.165) is 49.1 Å². The van der Waals surface area contributed by atoms with E-state index < -0.39 is 23.6 Å². The van der Waals surface area contributed by atoms with Crippen molar-refractivity contribution in [2.24, 2.45) is 5.92 Å². The van der Waals surface area contributed by atoms with Crippen LogP contribution in [0.4, 0.5) is 18.9 Å². The Kier molecular flexibility index (Phi) is 8.64. The molecule has 0 spiro atoms. The van der Waals surface area contributed by atoms with Gasteiger partial charge in [-0.2, -0.15) is 13.2 Å². The molecule has 1 saturated carbocycles. The molecule has 3 aromatic rings. The van der Waals surface area contributed by atoms with Crippen LogP contribution in [0.1, 0.15) is 65.8 Å². The van der Waals surface area contributed by atoms with E-state index in [4.69, 9.17) is 16.7 Å². The minimum Gasteiger partial charge on any atom is -0.481 e. The monoisotopic (exact) mass is 558 g/mol. The second-order valence-corrected chi connectivity index (χ2v) is 10.6. The minimum atomic E-state index is -4.52. The molecule has 4 rings (SSSR count). The fourth-order valence-corrected chi connectivity index (χ4v) is 5.72. The summed E-state index contributed by atoms with van der Waals surface area (Å²) in [5.41, 5.74) is 3.59. The van der Waals surface area contributed by atoms with Crippen LogP contribution in [0.15, 0.2) is 48.8 Å². The minimum absolute atomic E-state index is 0.00836. The van der Waals surface area contributed by atoms with Crippen molar-refractivity contribution in [3.8, 4) is 11.1 Å². The summed E-state index contributed by atoms with van der Waals surface area (Å²) in [7, 11) is 0. The van der Waals surface area contributed by atoms with Gasteiger partial charge >= 0.3 is 12.1 Å². The molecular formula is C30H30ClF3N2O3. The van der Waals surface area contributed by atoms with Gasteiger partial charge in [-0.15, -0.1) is 0 Å². The van der Waals surface area contributed by atoms with Gasteiger partial charge in [-0.1, -0.05) is 42.6 Å². The normalized spacial score (nSPS) is 14.8. The molecule has 0 aliphatic heterocycles. The number of rotatable bonds is 8. The molecule has 0 unspecified atom stereocenters. The van der Waals surface area contributed by atoms with E-state index in [1.165, 1.54) is 6.20 Å². The molecule has 5 nitrogen and oxygen atoms in total. The van der Waals surface area contributed by atoms with Gasteiger partial charge in [-0.3, -0.25) is 14.6 Å². The van der Waals surface area contributed by atoms with Gasteiger partial charge in [0, 0.05) is 35.1 Å². The number of pyridine rings is 1. The number of benzene rings is 2. The predicted octanol–water partition coefficient (Wildman–Crippen LogP) is 7.97. The number of hydrogen-bond acceptors (Lipinski definition) is 3. The first-order chi connectivity index (χ1) is 18.5. The van der Waals surface area contributed by atoms with Crippen molar-refractivity contribution in [3.05, 3.63) is 81.6 Å². The summed E-state index contributed by atoms with van der Waals surface area (Å²) in [5.74, 6) is -1.58. The molecule has 0 saturated heterocycles. The maximum Gasteiger partial charge on any atom is 0.417 e. The second kappa shape index (κ2) is 11.8. The molecule has 1 amide bonds. The van der Waals surface area contributed by atoms with Gasteiger partial charge in [-0.05, 0) is 85.0 Å². The number of carbonyl (C=O) groups is 2. The molecule has 1 atom stereocenters. The van der Waals surface area contributed by atoms with Crippen LogP contribution in [-0.2, 0) is 22.2 Å². The lowest BCUT2D eigenvalue weighted by atomic mass is 9.82. The summed E-state index contributed by atoms with van der Waals surface area (Å²) in [4.78, 5) is 28.6. The second-order valence-electron chi connectivity index (χ2n) is 10.1. The fourth-order valence-electron chi connectivity index (χ4n) is 5.44. The van der Waals surface area contributed by atoms with Gasteiger partial charge < -0.3 is 10.4 Å². The lowest BCUT2D eigenvalue weighted by Crippen LogP contribution is -2.27. The Labute approximate surface area is 230 Å². The van der Waals surface area contributed by atoms with Gasteiger partial charge in [0.25, 0.3) is 0 Å². The average molecular weight is 559 g/mol. The molecule has 1 fully saturated rings. The SMILES string of the molecule is Cc1cc([C@H](C(=O)Nc2cccc(CCC(=O)O)c2C)C2CCCC2)c(Cl)cc1-c1cncc(C(F)(F)F)c1. The average Bonchev–Trinajstić information content (AvgIpc) is 3.40. The molecule has 1 aliphatic carbocycles. The highest BCUT2D eigenvalue weighted by Gasteiger charge is 2.35. The number of nitrogens with one attached hydrogen (secondary N) is 1. The number of carbonyl (C=O) groups excluding carboxylic acids is 1. The number of hydrogen-bond donors (Lipinski definition) is 2. The number of halogens is 4. The van der Waals surface area contributed by atoms with Crippen LogP contribution in [0.25, 0.3) is 11.1 Å². The van der Waals surface area contributed by atoms with Crippen molar-refractivity contribution in [1.29, 1.82) is 0 Å². The smallest absolute Gasteiger partial charge is 0.417 e. The zero-order chi connectivity index (χ0) is 28.3. The van der Waals surface area contributed by atoms with Crippen molar-refractivity contribution in [3.63, 3.8) is 0 Å². The van der Waals surface area contributed by atoms with E-state index in [9.17, 15) is 22.8 Å². The molecular weight excluding hydrogens is 529 g/mol. The third kappa shape index (κ3) is 6.61. The third-order valence-electron chi connectivity index (χ3n) is 7.52. The topological polar surface area (TPSA) is 79.3 Å². The number of aromatic nitrogens is 1. The van der Waals surface area contributed by atoms with Crippen LogP contribution in [0.2, 0.25) is 5.02 Å². The Bertz CT molecular complexity index is 1380. The van der Waals surface area contributed by atoms with E-state index in [1.807, 2.05) is 13.0 Å². The summed E-state index contributed by atoms with van der Waals surface area (Å²) in [6, 6.07) is 9.91. The van der Waals surface area contributed by atoms with Crippen LogP contribution in [0, 0.1) is 19.8 Å². The number of anilines is 1. The molecule has 206 valence electrons. The van der Waals surface area contributed by atoms with Crippen molar-refractivity contribution in [2.45, 2.75) is 64.5 Å². The van der Waals surface area contributed by atoms with Crippen molar-refractivity contribution >= 4 is 29.2 Å². The standard InChI is InChI=1S/C30H30ClF3N2O3/c1-17-12-24(25(31)14-23(17)21-13-22(16-35-15-21)30(32,33)34)28(20-6-3-4-7-20)29(39)36-26-9-5-8-19(18(26)2)10-11-27(37)38/h5,8-9,12-16,20,28H,3-4,6-7,10-11H2,1-2H3,(H,36,39)(H,37,38)/t28-/m1/s1. The zero-order valence-corrected chi connectivity index (χ0v) is 22.5. The number of aryl methyl sites for hydroxylation is 2. The number of alkyl halides is 3. The first kappa shape index (κ1) is 28.6. The lowest BCUT2D eigenvalue weighted by Gasteiger charge is -2.26. The molecule has 39 heavy (non-hydrogen) atoms. The molecule has 2 N–H and O–H groups in total. The predicted molar refractivity (Wildman–Crippen MR) is 145 cm³/mol.